The molecular weight excluding hydrogens is 482 g/mol. The second-order valence-corrected chi connectivity index (χ2v) is 9.59. The second kappa shape index (κ2) is 12.1. The third-order valence-corrected chi connectivity index (χ3v) is 7.01. The van der Waals surface area contributed by atoms with Crippen LogP contribution in [-0.2, 0) is 29.0 Å². The molecule has 1 fully saturated rings. The molecule has 36 heavy (non-hydrogen) atoms. The summed E-state index contributed by atoms with van der Waals surface area (Å²) in [5.41, 5.74) is 1.19. The van der Waals surface area contributed by atoms with Crippen LogP contribution in [0.5, 0.6) is 0 Å². The summed E-state index contributed by atoms with van der Waals surface area (Å²) in [4.78, 5) is 28.7. The van der Waals surface area contributed by atoms with Gasteiger partial charge in [0.25, 0.3) is 0 Å². The van der Waals surface area contributed by atoms with E-state index in [1.54, 1.807) is 18.2 Å². The molecule has 2 amide bonds. The lowest BCUT2D eigenvalue weighted by molar-refractivity contribution is -0.141. The quantitative estimate of drug-likeness (QED) is 0.392. The summed E-state index contributed by atoms with van der Waals surface area (Å²) in [5, 5.41) is 3.22. The number of carbonyl (C=O) groups excluding carboxylic acids is 2. The number of nitrogens with one attached hydrogen (secondary N) is 1. The fourth-order valence-corrected chi connectivity index (χ4v) is 4.92. The summed E-state index contributed by atoms with van der Waals surface area (Å²) >= 11 is 6.20. The van der Waals surface area contributed by atoms with Crippen molar-refractivity contribution in [3.63, 3.8) is 0 Å². The fourth-order valence-electron chi connectivity index (χ4n) is 4.69. The van der Waals surface area contributed by atoms with Crippen LogP contribution in [-0.4, -0.2) is 28.8 Å². The zero-order chi connectivity index (χ0) is 25.5. The Morgan fingerprint density at radius 2 is 1.58 bits per heavy atom. The van der Waals surface area contributed by atoms with Crippen LogP contribution in [0.4, 0.5) is 8.78 Å². The monoisotopic (exact) mass is 510 g/mol. The van der Waals surface area contributed by atoms with E-state index < -0.39 is 23.6 Å². The Bertz CT molecular complexity index is 1180. The molecular formula is C29H29ClF2N2O2. The highest BCUT2D eigenvalue weighted by molar-refractivity contribution is 6.31. The summed E-state index contributed by atoms with van der Waals surface area (Å²) in [5.74, 6) is -1.88. The number of halogens is 3. The zero-order valence-corrected chi connectivity index (χ0v) is 20.7. The maximum Gasteiger partial charge on any atom is 0.243 e. The van der Waals surface area contributed by atoms with E-state index in [4.69, 9.17) is 11.6 Å². The third-order valence-electron chi connectivity index (χ3n) is 6.66. The van der Waals surface area contributed by atoms with Gasteiger partial charge in [0.1, 0.15) is 17.7 Å². The van der Waals surface area contributed by atoms with E-state index >= 15 is 0 Å². The normalized spacial score (nSPS) is 14.4. The molecule has 4 rings (SSSR count). The van der Waals surface area contributed by atoms with Gasteiger partial charge >= 0.3 is 0 Å². The summed E-state index contributed by atoms with van der Waals surface area (Å²) in [6.07, 6.45) is 3.74. The van der Waals surface area contributed by atoms with Crippen molar-refractivity contribution in [3.8, 4) is 0 Å². The number of rotatable bonds is 9. The van der Waals surface area contributed by atoms with Crippen molar-refractivity contribution in [2.75, 3.05) is 0 Å². The number of amides is 2. The maximum atomic E-state index is 14.7. The van der Waals surface area contributed by atoms with Crippen molar-refractivity contribution < 1.29 is 18.4 Å². The molecule has 0 spiro atoms. The van der Waals surface area contributed by atoms with Gasteiger partial charge in [-0.15, -0.1) is 0 Å². The summed E-state index contributed by atoms with van der Waals surface area (Å²) in [6, 6.07) is 18.9. The molecule has 0 saturated heterocycles. The van der Waals surface area contributed by atoms with Gasteiger partial charge in [-0.1, -0.05) is 79.0 Å². The van der Waals surface area contributed by atoms with Crippen molar-refractivity contribution in [3.05, 3.63) is 106 Å². The molecule has 1 atom stereocenters. The van der Waals surface area contributed by atoms with E-state index in [0.717, 1.165) is 31.2 Å². The maximum absolute atomic E-state index is 14.7. The van der Waals surface area contributed by atoms with E-state index in [2.05, 4.69) is 5.32 Å². The van der Waals surface area contributed by atoms with E-state index in [9.17, 15) is 18.4 Å². The van der Waals surface area contributed by atoms with E-state index in [1.807, 2.05) is 30.3 Å². The van der Waals surface area contributed by atoms with Crippen molar-refractivity contribution in [1.82, 2.24) is 10.2 Å². The van der Waals surface area contributed by atoms with Crippen LogP contribution in [0.25, 0.3) is 0 Å². The molecule has 188 valence electrons. The van der Waals surface area contributed by atoms with Crippen LogP contribution in [0.2, 0.25) is 5.02 Å². The van der Waals surface area contributed by atoms with Crippen LogP contribution >= 0.6 is 11.6 Å². The Kier molecular flexibility index (Phi) is 8.70. The number of hydrogen-bond donors (Lipinski definition) is 1. The van der Waals surface area contributed by atoms with Crippen molar-refractivity contribution in [1.29, 1.82) is 0 Å². The topological polar surface area (TPSA) is 49.4 Å². The van der Waals surface area contributed by atoms with Gasteiger partial charge in [0.2, 0.25) is 11.8 Å². The van der Waals surface area contributed by atoms with Gasteiger partial charge in [-0.25, -0.2) is 8.78 Å². The average molecular weight is 511 g/mol. The highest BCUT2D eigenvalue weighted by Crippen LogP contribution is 2.24. The largest absolute Gasteiger partial charge is 0.352 e. The van der Waals surface area contributed by atoms with E-state index in [1.165, 1.54) is 29.2 Å². The Hall–Kier alpha value is -3.25. The molecule has 1 saturated carbocycles. The standard InChI is InChI=1S/C29H29ClF2N2O2/c30-24-14-8-16-26(32)23(24)18-28(35)34(19-21-11-4-7-15-25(21)31)27(17-20-9-2-1-3-10-20)29(36)33-22-12-5-6-13-22/h1-4,7-11,14-16,22,27H,5-6,12-13,17-19H2,(H,33,36)/t27-/m0/s1. The van der Waals surface area contributed by atoms with Crippen LogP contribution in [0.3, 0.4) is 0 Å². The SMILES string of the molecule is O=C(NC1CCCC1)[C@H](Cc1ccccc1)N(Cc1ccccc1F)C(=O)Cc1c(F)cccc1Cl. The van der Waals surface area contributed by atoms with Crippen molar-refractivity contribution >= 4 is 23.4 Å². The molecule has 0 aromatic heterocycles. The van der Waals surface area contributed by atoms with Gasteiger partial charge in [0, 0.05) is 35.2 Å². The average Bonchev–Trinajstić information content (AvgIpc) is 3.38. The summed E-state index contributed by atoms with van der Waals surface area (Å²) in [6.45, 7) is -0.132. The molecule has 0 radical (unpaired) electrons. The lowest BCUT2D eigenvalue weighted by atomic mass is 10.0. The fraction of sp³-hybridized carbons (Fsp3) is 0.310. The highest BCUT2D eigenvalue weighted by atomic mass is 35.5. The minimum Gasteiger partial charge on any atom is -0.352 e. The van der Waals surface area contributed by atoms with E-state index in [-0.39, 0.29) is 47.5 Å². The van der Waals surface area contributed by atoms with Gasteiger partial charge in [0.15, 0.2) is 0 Å². The smallest absolute Gasteiger partial charge is 0.243 e. The van der Waals surface area contributed by atoms with Gasteiger partial charge in [0.05, 0.1) is 6.42 Å². The molecule has 0 bridgehead atoms. The molecule has 0 unspecified atom stereocenters. The molecule has 3 aromatic carbocycles. The first kappa shape index (κ1) is 25.8. The second-order valence-electron chi connectivity index (χ2n) is 9.19. The Balaban J connectivity index is 1.70. The number of nitrogens with zero attached hydrogens (tertiary/aromatic N) is 1. The molecule has 4 nitrogen and oxygen atoms in total. The molecule has 0 aliphatic heterocycles. The number of hydrogen-bond acceptors (Lipinski definition) is 2. The van der Waals surface area contributed by atoms with Gasteiger partial charge in [-0.2, -0.15) is 0 Å². The predicted molar refractivity (Wildman–Crippen MR) is 136 cm³/mol. The molecule has 0 heterocycles. The third kappa shape index (κ3) is 6.49. The van der Waals surface area contributed by atoms with Crippen LogP contribution in [0, 0.1) is 11.6 Å². The molecule has 1 N–H and O–H groups in total. The highest BCUT2D eigenvalue weighted by Gasteiger charge is 2.33. The zero-order valence-electron chi connectivity index (χ0n) is 19.9. The predicted octanol–water partition coefficient (Wildman–Crippen LogP) is 5.86. The summed E-state index contributed by atoms with van der Waals surface area (Å²) in [7, 11) is 0. The van der Waals surface area contributed by atoms with Crippen LogP contribution in [0.15, 0.2) is 72.8 Å². The van der Waals surface area contributed by atoms with Crippen LogP contribution < -0.4 is 5.32 Å². The lowest BCUT2D eigenvalue weighted by Crippen LogP contribution is -2.52. The lowest BCUT2D eigenvalue weighted by Gasteiger charge is -2.32. The number of benzene rings is 3. The molecule has 7 heteroatoms. The minimum atomic E-state index is -0.911. The summed E-state index contributed by atoms with van der Waals surface area (Å²) < 4.78 is 29.2. The first-order valence-corrected chi connectivity index (χ1v) is 12.6. The first-order valence-electron chi connectivity index (χ1n) is 12.2. The van der Waals surface area contributed by atoms with Gasteiger partial charge in [-0.3, -0.25) is 9.59 Å². The van der Waals surface area contributed by atoms with E-state index in [0.29, 0.717) is 0 Å². The minimum absolute atomic E-state index is 0.0437. The first-order chi connectivity index (χ1) is 17.4. The Morgan fingerprint density at radius 3 is 2.28 bits per heavy atom. The Labute approximate surface area is 215 Å². The van der Waals surface area contributed by atoms with Gasteiger partial charge < -0.3 is 10.2 Å². The Morgan fingerprint density at radius 1 is 0.917 bits per heavy atom. The molecule has 1 aliphatic rings. The molecule has 3 aromatic rings. The van der Waals surface area contributed by atoms with Crippen LogP contribution in [0.1, 0.15) is 42.4 Å². The van der Waals surface area contributed by atoms with Gasteiger partial charge in [-0.05, 0) is 36.6 Å². The van der Waals surface area contributed by atoms with Crippen molar-refractivity contribution in [2.24, 2.45) is 0 Å². The number of carbonyl (C=O) groups is 2. The molecule has 1 aliphatic carbocycles. The van der Waals surface area contributed by atoms with Crippen molar-refractivity contribution in [2.45, 2.75) is 57.2 Å².